The lowest BCUT2D eigenvalue weighted by molar-refractivity contribution is -0.129. The summed E-state index contributed by atoms with van der Waals surface area (Å²) in [4.78, 5) is 26.3. The van der Waals surface area contributed by atoms with E-state index >= 15 is 0 Å². The first-order chi connectivity index (χ1) is 11.1. The molecule has 1 aliphatic rings. The summed E-state index contributed by atoms with van der Waals surface area (Å²) in [6, 6.07) is 9.02. The fourth-order valence-corrected chi connectivity index (χ4v) is 3.14. The van der Waals surface area contributed by atoms with Crippen molar-refractivity contribution in [2.24, 2.45) is 0 Å². The molecule has 1 aromatic heterocycles. The Morgan fingerprint density at radius 1 is 1.17 bits per heavy atom. The summed E-state index contributed by atoms with van der Waals surface area (Å²) in [5.41, 5.74) is 1.73. The molecule has 0 radical (unpaired) electrons. The van der Waals surface area contributed by atoms with E-state index in [1.807, 2.05) is 23.1 Å². The molecule has 2 heterocycles. The molecule has 1 aliphatic heterocycles. The molecule has 1 fully saturated rings. The molecule has 120 valence electrons. The van der Waals surface area contributed by atoms with Gasteiger partial charge in [0.15, 0.2) is 12.0 Å². The van der Waals surface area contributed by atoms with E-state index in [-0.39, 0.29) is 11.7 Å². The Morgan fingerprint density at radius 3 is 2.52 bits per heavy atom. The highest BCUT2D eigenvalue weighted by atomic mass is 35.5. The van der Waals surface area contributed by atoms with Crippen molar-refractivity contribution in [2.45, 2.75) is 6.92 Å². The van der Waals surface area contributed by atoms with Crippen LogP contribution in [0.3, 0.4) is 0 Å². The molecule has 0 N–H and O–H groups in total. The molecule has 1 saturated heterocycles. The van der Waals surface area contributed by atoms with Gasteiger partial charge in [0.25, 0.3) is 0 Å². The summed E-state index contributed by atoms with van der Waals surface area (Å²) < 4.78 is 5.55. The van der Waals surface area contributed by atoms with Crippen molar-refractivity contribution in [3.8, 4) is 11.3 Å². The monoisotopic (exact) mass is 332 g/mol. The highest BCUT2D eigenvalue weighted by Crippen LogP contribution is 2.38. The maximum atomic E-state index is 11.5. The average Bonchev–Trinajstić information content (AvgIpc) is 3.03. The van der Waals surface area contributed by atoms with Crippen molar-refractivity contribution in [3.63, 3.8) is 0 Å². The Balaban J connectivity index is 1.93. The van der Waals surface area contributed by atoms with Gasteiger partial charge in [-0.05, 0) is 24.3 Å². The maximum Gasteiger partial charge on any atom is 0.219 e. The van der Waals surface area contributed by atoms with E-state index in [9.17, 15) is 9.59 Å². The molecule has 1 aromatic carbocycles. The second-order valence-corrected chi connectivity index (χ2v) is 5.86. The number of aldehydes is 1. The van der Waals surface area contributed by atoms with Crippen LogP contribution in [0.1, 0.15) is 17.5 Å². The third kappa shape index (κ3) is 3.10. The SMILES string of the molecule is CC(=O)N1CCN(c2c(Cl)cccc2-c2ccc(C=O)o2)CC1. The molecule has 5 nitrogen and oxygen atoms in total. The fourth-order valence-electron chi connectivity index (χ4n) is 2.84. The topological polar surface area (TPSA) is 53.8 Å². The summed E-state index contributed by atoms with van der Waals surface area (Å²) in [5, 5.41) is 0.628. The lowest BCUT2D eigenvalue weighted by Crippen LogP contribution is -2.48. The number of nitrogens with zero attached hydrogens (tertiary/aromatic N) is 2. The zero-order valence-corrected chi connectivity index (χ0v) is 13.5. The molecular formula is C17H17ClN2O3. The number of para-hydroxylation sites is 1. The molecule has 3 rings (SSSR count). The lowest BCUT2D eigenvalue weighted by atomic mass is 10.1. The Labute approximate surface area is 139 Å². The number of carbonyl (C=O) groups is 2. The van der Waals surface area contributed by atoms with Crippen LogP contribution in [0.5, 0.6) is 0 Å². The second-order valence-electron chi connectivity index (χ2n) is 5.45. The minimum atomic E-state index is 0.0886. The molecule has 2 aromatic rings. The molecule has 0 atom stereocenters. The number of carbonyl (C=O) groups excluding carboxylic acids is 2. The van der Waals surface area contributed by atoms with Crippen molar-refractivity contribution in [1.29, 1.82) is 0 Å². The van der Waals surface area contributed by atoms with Gasteiger partial charge in [-0.2, -0.15) is 0 Å². The van der Waals surface area contributed by atoms with Crippen LogP contribution in [-0.2, 0) is 4.79 Å². The van der Waals surface area contributed by atoms with Gasteiger partial charge in [0, 0.05) is 38.7 Å². The summed E-state index contributed by atoms with van der Waals surface area (Å²) in [5.74, 6) is 0.983. The predicted octanol–water partition coefficient (Wildman–Crippen LogP) is 3.08. The fraction of sp³-hybridized carbons (Fsp3) is 0.294. The predicted molar refractivity (Wildman–Crippen MR) is 89.0 cm³/mol. The smallest absolute Gasteiger partial charge is 0.219 e. The van der Waals surface area contributed by atoms with Crippen LogP contribution < -0.4 is 4.90 Å². The zero-order valence-electron chi connectivity index (χ0n) is 12.8. The molecule has 0 spiro atoms. The van der Waals surface area contributed by atoms with Crippen LogP contribution in [-0.4, -0.2) is 43.3 Å². The Bertz CT molecular complexity index is 733. The van der Waals surface area contributed by atoms with Gasteiger partial charge < -0.3 is 14.2 Å². The van der Waals surface area contributed by atoms with Crippen molar-refractivity contribution in [2.75, 3.05) is 31.1 Å². The first-order valence-corrected chi connectivity index (χ1v) is 7.82. The van der Waals surface area contributed by atoms with Crippen molar-refractivity contribution in [3.05, 3.63) is 41.1 Å². The van der Waals surface area contributed by atoms with E-state index in [1.165, 1.54) is 0 Å². The van der Waals surface area contributed by atoms with Crippen LogP contribution >= 0.6 is 11.6 Å². The van der Waals surface area contributed by atoms with Crippen LogP contribution in [0, 0.1) is 0 Å². The van der Waals surface area contributed by atoms with Gasteiger partial charge in [-0.25, -0.2) is 0 Å². The number of anilines is 1. The van der Waals surface area contributed by atoms with Crippen molar-refractivity contribution in [1.82, 2.24) is 4.90 Å². The molecule has 0 aliphatic carbocycles. The van der Waals surface area contributed by atoms with Gasteiger partial charge in [0.2, 0.25) is 5.91 Å². The number of amides is 1. The number of piperazine rings is 1. The van der Waals surface area contributed by atoms with Crippen LogP contribution in [0.2, 0.25) is 5.02 Å². The van der Waals surface area contributed by atoms with E-state index in [4.69, 9.17) is 16.0 Å². The van der Waals surface area contributed by atoms with E-state index in [0.717, 1.165) is 11.3 Å². The quantitative estimate of drug-likeness (QED) is 0.811. The van der Waals surface area contributed by atoms with E-state index in [0.29, 0.717) is 43.2 Å². The maximum absolute atomic E-state index is 11.5. The molecular weight excluding hydrogens is 316 g/mol. The number of furan rings is 1. The second kappa shape index (κ2) is 6.46. The molecule has 0 bridgehead atoms. The zero-order chi connectivity index (χ0) is 16.4. The van der Waals surface area contributed by atoms with Crippen LogP contribution in [0.15, 0.2) is 34.7 Å². The number of hydrogen-bond donors (Lipinski definition) is 0. The highest BCUT2D eigenvalue weighted by molar-refractivity contribution is 6.34. The summed E-state index contributed by atoms with van der Waals surface area (Å²) in [7, 11) is 0. The van der Waals surface area contributed by atoms with Gasteiger partial charge in [-0.1, -0.05) is 17.7 Å². The lowest BCUT2D eigenvalue weighted by Gasteiger charge is -2.36. The van der Waals surface area contributed by atoms with E-state index in [2.05, 4.69) is 4.90 Å². The Kier molecular flexibility index (Phi) is 4.39. The minimum Gasteiger partial charge on any atom is -0.453 e. The molecule has 0 unspecified atom stereocenters. The summed E-state index contributed by atoms with van der Waals surface area (Å²) >= 11 is 6.42. The first-order valence-electron chi connectivity index (χ1n) is 7.44. The van der Waals surface area contributed by atoms with Gasteiger partial charge in [0.05, 0.1) is 10.7 Å². The van der Waals surface area contributed by atoms with E-state index < -0.39 is 0 Å². The third-order valence-electron chi connectivity index (χ3n) is 4.04. The average molecular weight is 333 g/mol. The molecule has 23 heavy (non-hydrogen) atoms. The van der Waals surface area contributed by atoms with Crippen LogP contribution in [0.4, 0.5) is 5.69 Å². The number of hydrogen-bond acceptors (Lipinski definition) is 4. The molecule has 6 heteroatoms. The highest BCUT2D eigenvalue weighted by Gasteiger charge is 2.23. The van der Waals surface area contributed by atoms with Gasteiger partial charge >= 0.3 is 0 Å². The standard InChI is InChI=1S/C17H17ClN2O3/c1-12(22)19-7-9-20(10-8-19)17-14(3-2-4-15(17)18)16-6-5-13(11-21)23-16/h2-6,11H,7-10H2,1H3. The summed E-state index contributed by atoms with van der Waals surface area (Å²) in [6.07, 6.45) is 0.680. The third-order valence-corrected chi connectivity index (χ3v) is 4.34. The number of halogens is 1. The van der Waals surface area contributed by atoms with Crippen molar-refractivity contribution >= 4 is 29.5 Å². The van der Waals surface area contributed by atoms with Gasteiger partial charge in [-0.3, -0.25) is 9.59 Å². The largest absolute Gasteiger partial charge is 0.453 e. The Hall–Kier alpha value is -2.27. The van der Waals surface area contributed by atoms with Crippen LogP contribution in [0.25, 0.3) is 11.3 Å². The minimum absolute atomic E-state index is 0.0886. The summed E-state index contributed by atoms with van der Waals surface area (Å²) in [6.45, 7) is 4.32. The Morgan fingerprint density at radius 2 is 1.91 bits per heavy atom. The number of benzene rings is 1. The van der Waals surface area contributed by atoms with Gasteiger partial charge in [-0.15, -0.1) is 0 Å². The van der Waals surface area contributed by atoms with Gasteiger partial charge in [0.1, 0.15) is 5.76 Å². The van der Waals surface area contributed by atoms with E-state index in [1.54, 1.807) is 19.1 Å². The van der Waals surface area contributed by atoms with Crippen molar-refractivity contribution < 1.29 is 14.0 Å². The first kappa shape index (κ1) is 15.6. The number of rotatable bonds is 3. The molecule has 0 saturated carbocycles. The normalized spacial score (nSPS) is 14.9. The molecule has 1 amide bonds.